The SMILES string of the molecule is COCCOC.[CH2-]I.[CH2-]I.[Zn+2]. The largest absolute Gasteiger partial charge is 2.00 e. The molecule has 0 saturated heterocycles. The van der Waals surface area contributed by atoms with E-state index in [2.05, 4.69) is 19.3 Å². The van der Waals surface area contributed by atoms with Gasteiger partial charge in [-0.05, 0) is 0 Å². The molecular formula is C6H14I2O2Zn. The quantitative estimate of drug-likeness (QED) is 0.293. The molecule has 0 saturated carbocycles. The monoisotopic (exact) mass is 436 g/mol. The molecule has 0 bridgehead atoms. The predicted octanol–water partition coefficient (Wildman–Crippen LogP) is 2.70. The summed E-state index contributed by atoms with van der Waals surface area (Å²) in [5.41, 5.74) is 0. The van der Waals surface area contributed by atoms with Crippen molar-refractivity contribution in [2.75, 3.05) is 27.4 Å². The Morgan fingerprint density at radius 3 is 1.18 bits per heavy atom. The fourth-order valence-corrected chi connectivity index (χ4v) is 0.167. The van der Waals surface area contributed by atoms with Crippen LogP contribution in [0.25, 0.3) is 0 Å². The fraction of sp³-hybridized carbons (Fsp3) is 0.667. The van der Waals surface area contributed by atoms with Crippen molar-refractivity contribution in [1.82, 2.24) is 0 Å². The van der Waals surface area contributed by atoms with Gasteiger partial charge in [-0.2, -0.15) is 0 Å². The smallest absolute Gasteiger partial charge is 0.382 e. The number of hydrogen-bond donors (Lipinski definition) is 0. The van der Waals surface area contributed by atoms with E-state index >= 15 is 0 Å². The predicted molar refractivity (Wildman–Crippen MR) is 62.5 cm³/mol. The molecule has 0 spiro atoms. The molecule has 0 atom stereocenters. The fourth-order valence-electron chi connectivity index (χ4n) is 0.167. The third kappa shape index (κ3) is 48.0. The van der Waals surface area contributed by atoms with Crippen molar-refractivity contribution >= 4 is 45.2 Å². The molecule has 2 nitrogen and oxygen atoms in total. The molecule has 5 heteroatoms. The summed E-state index contributed by atoms with van der Waals surface area (Å²) in [5, 5.41) is 0. The molecule has 0 aliphatic heterocycles. The van der Waals surface area contributed by atoms with Gasteiger partial charge in [-0.15, -0.1) is 0 Å². The zero-order chi connectivity index (χ0) is 8.83. The van der Waals surface area contributed by atoms with Crippen molar-refractivity contribution < 1.29 is 29.0 Å². The van der Waals surface area contributed by atoms with Crippen LogP contribution in [0.1, 0.15) is 0 Å². The Morgan fingerprint density at radius 1 is 0.909 bits per heavy atom. The normalized spacial score (nSPS) is 6.00. The molecule has 66 valence electrons. The number of rotatable bonds is 3. The molecule has 0 amide bonds. The zero-order valence-electron chi connectivity index (χ0n) is 7.11. The van der Waals surface area contributed by atoms with Gasteiger partial charge in [0.2, 0.25) is 0 Å². The maximum Gasteiger partial charge on any atom is 2.00 e. The summed E-state index contributed by atoms with van der Waals surface area (Å²) >= 11 is 3.80. The van der Waals surface area contributed by atoms with E-state index in [1.807, 2.05) is 45.2 Å². The third-order valence-electron chi connectivity index (χ3n) is 0.492. The first-order valence-corrected chi connectivity index (χ1v) is 5.48. The molecule has 0 aromatic heterocycles. The minimum atomic E-state index is 0. The number of methoxy groups -OCH3 is 2. The van der Waals surface area contributed by atoms with Gasteiger partial charge in [0.1, 0.15) is 0 Å². The van der Waals surface area contributed by atoms with Crippen LogP contribution in [0.15, 0.2) is 0 Å². The Morgan fingerprint density at radius 2 is 1.09 bits per heavy atom. The average molecular weight is 437 g/mol. The minimum Gasteiger partial charge on any atom is -0.382 e. The molecule has 0 aromatic carbocycles. The Hall–Kier alpha value is 2.00. The van der Waals surface area contributed by atoms with Crippen LogP contribution in [0.3, 0.4) is 0 Å². The first kappa shape index (κ1) is 23.1. The van der Waals surface area contributed by atoms with E-state index in [1.54, 1.807) is 14.2 Å². The minimum absolute atomic E-state index is 0. The zero-order valence-corrected chi connectivity index (χ0v) is 14.4. The van der Waals surface area contributed by atoms with Gasteiger partial charge in [-0.25, -0.2) is 0 Å². The van der Waals surface area contributed by atoms with Crippen molar-refractivity contribution in [3.63, 3.8) is 0 Å². The molecule has 0 rings (SSSR count). The summed E-state index contributed by atoms with van der Waals surface area (Å²) in [5.74, 6) is 0. The van der Waals surface area contributed by atoms with Crippen molar-refractivity contribution in [1.29, 1.82) is 0 Å². The summed E-state index contributed by atoms with van der Waals surface area (Å²) in [6.07, 6.45) is 0. The van der Waals surface area contributed by atoms with Gasteiger partial charge in [-0.3, -0.25) is 9.86 Å². The van der Waals surface area contributed by atoms with Gasteiger partial charge in [0.05, 0.1) is 13.2 Å². The van der Waals surface area contributed by atoms with E-state index in [0.29, 0.717) is 13.2 Å². The maximum atomic E-state index is 4.66. The second-order valence-electron chi connectivity index (χ2n) is 0.986. The van der Waals surface area contributed by atoms with Crippen LogP contribution >= 0.6 is 45.2 Å². The summed E-state index contributed by atoms with van der Waals surface area (Å²) in [6, 6.07) is 0. The van der Waals surface area contributed by atoms with Gasteiger partial charge in [0, 0.05) is 14.2 Å². The Labute approximate surface area is 110 Å². The second kappa shape index (κ2) is 40.3. The van der Waals surface area contributed by atoms with E-state index in [9.17, 15) is 0 Å². The first-order chi connectivity index (χ1) is 4.91. The molecule has 0 aliphatic carbocycles. The van der Waals surface area contributed by atoms with Crippen LogP contribution in [0.2, 0.25) is 0 Å². The van der Waals surface area contributed by atoms with E-state index < -0.39 is 0 Å². The van der Waals surface area contributed by atoms with Crippen LogP contribution in [-0.2, 0) is 29.0 Å². The Kier molecular flexibility index (Phi) is 84.7. The second-order valence-corrected chi connectivity index (χ2v) is 0.986. The molecule has 0 aliphatic rings. The van der Waals surface area contributed by atoms with Crippen LogP contribution < -0.4 is 0 Å². The van der Waals surface area contributed by atoms with Gasteiger partial charge in [0.15, 0.2) is 0 Å². The molecule has 11 heavy (non-hydrogen) atoms. The van der Waals surface area contributed by atoms with Crippen LogP contribution in [0.4, 0.5) is 0 Å². The molecule has 0 aromatic rings. The van der Waals surface area contributed by atoms with Gasteiger partial charge in [0.25, 0.3) is 0 Å². The molecule has 0 radical (unpaired) electrons. The van der Waals surface area contributed by atoms with E-state index in [0.717, 1.165) is 0 Å². The van der Waals surface area contributed by atoms with Crippen LogP contribution in [-0.4, -0.2) is 27.4 Å². The summed E-state index contributed by atoms with van der Waals surface area (Å²) in [7, 11) is 3.30. The number of halogens is 2. The van der Waals surface area contributed by atoms with Crippen molar-refractivity contribution in [2.24, 2.45) is 0 Å². The van der Waals surface area contributed by atoms with Gasteiger partial charge >= 0.3 is 19.5 Å². The average Bonchev–Trinajstić information content (AvgIpc) is 2.08. The Balaban J connectivity index is -0.0000000428. The molecule has 0 unspecified atom stereocenters. The van der Waals surface area contributed by atoms with Crippen LogP contribution in [0, 0.1) is 9.86 Å². The van der Waals surface area contributed by atoms with Crippen LogP contribution in [0.5, 0.6) is 0 Å². The molecule has 0 N–H and O–H groups in total. The molecule has 0 heterocycles. The third-order valence-corrected chi connectivity index (χ3v) is 0.492. The number of ether oxygens (including phenoxy) is 2. The molecular weight excluding hydrogens is 423 g/mol. The van der Waals surface area contributed by atoms with Crippen molar-refractivity contribution in [3.8, 4) is 0 Å². The topological polar surface area (TPSA) is 18.5 Å². The summed E-state index contributed by atoms with van der Waals surface area (Å²) < 4.78 is 9.31. The molecule has 0 fully saturated rings. The van der Waals surface area contributed by atoms with Gasteiger partial charge in [-0.1, -0.05) is 0 Å². The Bertz CT molecular complexity index is 30.5. The van der Waals surface area contributed by atoms with E-state index in [-0.39, 0.29) is 19.5 Å². The summed E-state index contributed by atoms with van der Waals surface area (Å²) in [6.45, 7) is 1.38. The maximum absolute atomic E-state index is 4.66. The van der Waals surface area contributed by atoms with Crippen molar-refractivity contribution in [3.05, 3.63) is 9.86 Å². The van der Waals surface area contributed by atoms with E-state index in [4.69, 9.17) is 0 Å². The number of hydrogen-bond acceptors (Lipinski definition) is 2. The van der Waals surface area contributed by atoms with E-state index in [1.165, 1.54) is 0 Å². The standard InChI is InChI=1S/C4H10O2.2CH2I.Zn/c1-5-3-4-6-2;2*1-2;/h3-4H2,1-2H3;2*1H2;/q;2*-1;+2. The summed E-state index contributed by atoms with van der Waals surface area (Å²) in [4.78, 5) is 6.44. The van der Waals surface area contributed by atoms with Gasteiger partial charge < -0.3 is 54.7 Å². The first-order valence-electron chi connectivity index (χ1n) is 2.43. The van der Waals surface area contributed by atoms with Crippen molar-refractivity contribution in [2.45, 2.75) is 0 Å².